The Bertz CT molecular complexity index is 1690. The molecule has 2 heterocycles. The Hall–Kier alpha value is -3.96. The number of ether oxygens (including phenoxy) is 3. The number of para-hydroxylation sites is 2. The molecule has 3 aromatic carbocycles. The molecule has 1 unspecified atom stereocenters. The second kappa shape index (κ2) is 14.2. The number of hydrogen-bond donors (Lipinski definition) is 2. The number of carbonyl (C=O) groups is 1. The van der Waals surface area contributed by atoms with Gasteiger partial charge in [-0.3, -0.25) is 4.79 Å². The lowest BCUT2D eigenvalue weighted by Crippen LogP contribution is -2.31. The van der Waals surface area contributed by atoms with Gasteiger partial charge in [-0.05, 0) is 78.5 Å². The Morgan fingerprint density at radius 1 is 1.07 bits per heavy atom. The Kier molecular flexibility index (Phi) is 10.2. The Balaban J connectivity index is 1.57. The van der Waals surface area contributed by atoms with Crippen LogP contribution >= 0.6 is 27.7 Å². The summed E-state index contributed by atoms with van der Waals surface area (Å²) in [7, 11) is 1.58. The van der Waals surface area contributed by atoms with Gasteiger partial charge in [0, 0.05) is 11.4 Å². The van der Waals surface area contributed by atoms with Crippen molar-refractivity contribution in [2.45, 2.75) is 51.9 Å². The van der Waals surface area contributed by atoms with Gasteiger partial charge in [-0.25, -0.2) is 4.68 Å². The number of amides is 1. The monoisotopic (exact) mass is 677 g/mol. The smallest absolute Gasteiger partial charge is 0.255 e. The first-order valence-electron chi connectivity index (χ1n) is 14.5. The number of aryl methyl sites for hydroxylation is 1. The maximum Gasteiger partial charge on any atom is 0.255 e. The summed E-state index contributed by atoms with van der Waals surface area (Å²) in [4.78, 5) is 18.8. The topological polar surface area (TPSA) is 99.5 Å². The molecule has 1 atom stereocenters. The molecule has 1 aromatic heterocycles. The maximum absolute atomic E-state index is 14.1. The van der Waals surface area contributed by atoms with Crippen molar-refractivity contribution in [3.8, 4) is 17.2 Å². The molecule has 2 N–H and O–H groups in total. The van der Waals surface area contributed by atoms with Crippen molar-refractivity contribution in [2.24, 2.45) is 0 Å². The van der Waals surface area contributed by atoms with Crippen LogP contribution in [0.2, 0.25) is 0 Å². The van der Waals surface area contributed by atoms with E-state index in [0.29, 0.717) is 63.0 Å². The van der Waals surface area contributed by atoms with E-state index in [2.05, 4.69) is 52.5 Å². The molecule has 1 amide bonds. The van der Waals surface area contributed by atoms with Crippen molar-refractivity contribution in [3.05, 3.63) is 93.1 Å². The number of carbonyl (C=O) groups excluding carboxylic acids is 1. The molecule has 5 rings (SSSR count). The normalized spacial score (nSPS) is 14.1. The summed E-state index contributed by atoms with van der Waals surface area (Å²) in [6.45, 7) is 8.79. The highest BCUT2D eigenvalue weighted by atomic mass is 79.9. The van der Waals surface area contributed by atoms with E-state index < -0.39 is 6.04 Å². The van der Waals surface area contributed by atoms with E-state index in [1.807, 2.05) is 56.3 Å². The van der Waals surface area contributed by atoms with Gasteiger partial charge in [0.25, 0.3) is 5.91 Å². The van der Waals surface area contributed by atoms with E-state index >= 15 is 0 Å². The van der Waals surface area contributed by atoms with Gasteiger partial charge in [0.15, 0.2) is 11.5 Å². The molecule has 44 heavy (non-hydrogen) atoms. The molecule has 0 saturated heterocycles. The van der Waals surface area contributed by atoms with E-state index in [-0.39, 0.29) is 5.91 Å². The minimum absolute atomic E-state index is 0.290. The molecule has 0 spiro atoms. The number of nitrogens with zero attached hydrogens (tertiary/aromatic N) is 3. The van der Waals surface area contributed by atoms with Gasteiger partial charge in [0.1, 0.15) is 18.4 Å². The summed E-state index contributed by atoms with van der Waals surface area (Å²) in [5.74, 6) is 2.87. The van der Waals surface area contributed by atoms with E-state index in [9.17, 15) is 4.79 Å². The molecule has 0 fully saturated rings. The summed E-state index contributed by atoms with van der Waals surface area (Å²) in [6.07, 6.45) is 0.990. The highest BCUT2D eigenvalue weighted by molar-refractivity contribution is 9.10. The number of methoxy groups -OCH3 is 1. The first-order valence-corrected chi connectivity index (χ1v) is 16.3. The summed E-state index contributed by atoms with van der Waals surface area (Å²) in [5.41, 5.74) is 4.73. The van der Waals surface area contributed by atoms with Crippen molar-refractivity contribution in [1.29, 1.82) is 0 Å². The summed E-state index contributed by atoms with van der Waals surface area (Å²) in [6, 6.07) is 18.8. The van der Waals surface area contributed by atoms with E-state index in [4.69, 9.17) is 24.3 Å². The fourth-order valence-electron chi connectivity index (χ4n) is 5.03. The predicted octanol–water partition coefficient (Wildman–Crippen LogP) is 7.77. The Labute approximate surface area is 270 Å². The molecule has 4 aromatic rings. The average Bonchev–Trinajstić information content (AvgIpc) is 3.41. The van der Waals surface area contributed by atoms with Crippen LogP contribution in [-0.4, -0.2) is 40.1 Å². The lowest BCUT2D eigenvalue weighted by Gasteiger charge is -2.29. The van der Waals surface area contributed by atoms with Gasteiger partial charge in [-0.15, -0.1) is 5.10 Å². The van der Waals surface area contributed by atoms with Crippen molar-refractivity contribution in [3.63, 3.8) is 0 Å². The van der Waals surface area contributed by atoms with Gasteiger partial charge in [0.05, 0.1) is 29.4 Å². The Morgan fingerprint density at radius 2 is 1.89 bits per heavy atom. The molecule has 1 aliphatic heterocycles. The highest BCUT2D eigenvalue weighted by Crippen LogP contribution is 2.44. The number of allylic oxidation sites excluding steroid dienone is 1. The van der Waals surface area contributed by atoms with E-state index in [1.165, 1.54) is 0 Å². The van der Waals surface area contributed by atoms with Crippen LogP contribution in [0.1, 0.15) is 49.9 Å². The molecule has 0 bridgehead atoms. The van der Waals surface area contributed by atoms with Crippen LogP contribution < -0.4 is 24.8 Å². The molecule has 1 aliphatic rings. The molecular formula is C33H36BrN5O4S. The maximum atomic E-state index is 14.1. The van der Waals surface area contributed by atoms with Gasteiger partial charge < -0.3 is 24.8 Å². The van der Waals surface area contributed by atoms with Crippen LogP contribution in [0.4, 0.5) is 11.6 Å². The van der Waals surface area contributed by atoms with Crippen LogP contribution in [0.25, 0.3) is 0 Å². The number of nitrogens with one attached hydrogen (secondary N) is 2. The summed E-state index contributed by atoms with van der Waals surface area (Å²) >= 11 is 5.32. The first-order chi connectivity index (χ1) is 21.3. The number of fused-ring (bicyclic) bond motifs is 1. The van der Waals surface area contributed by atoms with Crippen LogP contribution in [-0.2, 0) is 11.4 Å². The number of anilines is 2. The number of rotatable bonds is 12. The molecule has 11 heteroatoms. The summed E-state index contributed by atoms with van der Waals surface area (Å²) < 4.78 is 20.4. The van der Waals surface area contributed by atoms with Crippen LogP contribution in [0.3, 0.4) is 0 Å². The molecule has 230 valence electrons. The minimum Gasteiger partial charge on any atom is -0.495 e. The molecule has 0 saturated carbocycles. The second-order valence-electron chi connectivity index (χ2n) is 10.3. The van der Waals surface area contributed by atoms with Gasteiger partial charge in [-0.1, -0.05) is 60.6 Å². The minimum atomic E-state index is -0.606. The zero-order valence-corrected chi connectivity index (χ0v) is 27.8. The number of thioether (sulfide) groups is 1. The number of hydrogen-bond acceptors (Lipinski definition) is 8. The van der Waals surface area contributed by atoms with Crippen molar-refractivity contribution in [2.75, 3.05) is 30.1 Å². The lowest BCUT2D eigenvalue weighted by molar-refractivity contribution is -0.113. The fraction of sp³-hybridized carbons (Fsp3) is 0.303. The molecule has 0 aliphatic carbocycles. The van der Waals surface area contributed by atoms with Crippen LogP contribution in [0, 0.1) is 6.92 Å². The molecular weight excluding hydrogens is 642 g/mol. The van der Waals surface area contributed by atoms with Crippen molar-refractivity contribution in [1.82, 2.24) is 14.8 Å². The van der Waals surface area contributed by atoms with Gasteiger partial charge in [-0.2, -0.15) is 4.98 Å². The predicted molar refractivity (Wildman–Crippen MR) is 178 cm³/mol. The largest absolute Gasteiger partial charge is 0.495 e. The standard InChI is InChI=1S/C33H36BrN5O4S/c1-6-15-44-33-37-32-35-21(4)28(31(40)36-25-13-8-9-14-26(25)41-5)29(39(32)38-33)23-17-24(34)30(27(18-23)42-7-2)43-19-22-12-10-11-20(3)16-22/h8-14,16-18,29H,6-7,15,19H2,1-5H3,(H,36,40)(H,35,37,38). The molecule has 9 nitrogen and oxygen atoms in total. The van der Waals surface area contributed by atoms with Crippen molar-refractivity contribution >= 4 is 45.2 Å². The number of halogens is 1. The zero-order valence-electron chi connectivity index (χ0n) is 25.4. The fourth-order valence-corrected chi connectivity index (χ4v) is 6.29. The van der Waals surface area contributed by atoms with Crippen molar-refractivity contribution < 1.29 is 19.0 Å². The third-order valence-corrected chi connectivity index (χ3v) is 8.61. The van der Waals surface area contributed by atoms with Crippen LogP contribution in [0.15, 0.2) is 81.6 Å². The highest BCUT2D eigenvalue weighted by Gasteiger charge is 2.36. The summed E-state index contributed by atoms with van der Waals surface area (Å²) in [5, 5.41) is 11.8. The third kappa shape index (κ3) is 6.89. The SMILES string of the molecule is CCCSc1nc2n(n1)C(c1cc(Br)c(OCc3cccc(C)c3)c(OCC)c1)C(C(=O)Nc1ccccc1OC)=C(C)N2. The van der Waals surface area contributed by atoms with Gasteiger partial charge in [0.2, 0.25) is 11.1 Å². The van der Waals surface area contributed by atoms with Crippen LogP contribution in [0.5, 0.6) is 17.2 Å². The average molecular weight is 679 g/mol. The number of aromatic nitrogens is 3. The first kappa shape index (κ1) is 31.5. The third-order valence-electron chi connectivity index (χ3n) is 6.98. The van der Waals surface area contributed by atoms with E-state index in [0.717, 1.165) is 28.9 Å². The lowest BCUT2D eigenvalue weighted by atomic mass is 9.94. The van der Waals surface area contributed by atoms with E-state index in [1.54, 1.807) is 29.6 Å². The second-order valence-corrected chi connectivity index (χ2v) is 12.2. The molecule has 0 radical (unpaired) electrons. The quantitative estimate of drug-likeness (QED) is 0.147. The van der Waals surface area contributed by atoms with Gasteiger partial charge >= 0.3 is 0 Å². The number of benzene rings is 3. The Morgan fingerprint density at radius 3 is 2.64 bits per heavy atom. The zero-order chi connectivity index (χ0) is 31.2.